The first-order valence-electron chi connectivity index (χ1n) is 23.8. The van der Waals surface area contributed by atoms with Crippen LogP contribution in [0.5, 0.6) is 0 Å². The molecule has 6 aromatic carbocycles. The topological polar surface area (TPSA) is 26.0 Å². The van der Waals surface area contributed by atoms with Gasteiger partial charge in [0.15, 0.2) is 0 Å². The first-order valence-corrected chi connectivity index (χ1v) is 27.1. The standard InChI is InChI=1S/C60H76GeN/c1-35(2)43-23-17-24-44(36(3)4)55(43)51-31-21-32-52(56-45(37(5)6)25-18-26-46(56)38(7)8)59(51)61(62)60-53(57-47(39(9)10)27-19-28-48(57)40(11)12)33-22-34-54(60)58-49(41(13)14)29-20-30-50(58)42(15)16/h17-42H,62H2,1-16H3. The van der Waals surface area contributed by atoms with E-state index in [0.29, 0.717) is 47.3 Å². The van der Waals surface area contributed by atoms with Crippen molar-refractivity contribution in [2.45, 2.75) is 158 Å². The average Bonchev–Trinajstić information content (AvgIpc) is 3.24. The second-order valence-electron chi connectivity index (χ2n) is 20.4. The Kier molecular flexibility index (Phi) is 15.0. The summed E-state index contributed by atoms with van der Waals surface area (Å²) in [6.45, 7) is 37.7. The van der Waals surface area contributed by atoms with Gasteiger partial charge in [0.1, 0.15) is 0 Å². The van der Waals surface area contributed by atoms with E-state index < -0.39 is 14.6 Å². The van der Waals surface area contributed by atoms with Crippen molar-refractivity contribution < 1.29 is 0 Å². The molecule has 0 aliphatic heterocycles. The van der Waals surface area contributed by atoms with Crippen LogP contribution >= 0.6 is 0 Å². The summed E-state index contributed by atoms with van der Waals surface area (Å²) in [7, 11) is 0. The minimum atomic E-state index is -3.11. The molecular formula is C60H76GeN. The summed E-state index contributed by atoms with van der Waals surface area (Å²) in [6.07, 6.45) is 0. The van der Waals surface area contributed by atoms with Gasteiger partial charge >= 0.3 is 384 Å². The molecule has 0 spiro atoms. The molecule has 0 aliphatic rings. The normalized spacial score (nSPS) is 12.3. The SMILES string of the molecule is CC(C)c1cccc(C(C)C)c1-c1cccc(-c2c(C(C)C)cccc2C(C)C)[c]1[Ge]([NH2])[c]1c(-c2c(C(C)C)cccc2C(C)C)cccc1-c1c(C(C)C)cccc1C(C)C. The van der Waals surface area contributed by atoms with Crippen molar-refractivity contribution in [1.29, 1.82) is 0 Å². The maximum absolute atomic E-state index is 8.65. The van der Waals surface area contributed by atoms with Crippen LogP contribution < -0.4 is 13.5 Å². The Morgan fingerprint density at radius 3 is 0.548 bits per heavy atom. The van der Waals surface area contributed by atoms with Crippen molar-refractivity contribution in [3.05, 3.63) is 154 Å². The number of benzene rings is 6. The Hall–Kier alpha value is -4.18. The van der Waals surface area contributed by atoms with Gasteiger partial charge in [-0.2, -0.15) is 0 Å². The predicted octanol–water partition coefficient (Wildman–Crippen LogP) is 16.4. The molecular weight excluding hydrogens is 807 g/mol. The van der Waals surface area contributed by atoms with E-state index in [1.165, 1.54) is 97.8 Å². The molecule has 0 aromatic heterocycles. The zero-order valence-electron chi connectivity index (χ0n) is 41.1. The van der Waals surface area contributed by atoms with E-state index in [4.69, 9.17) is 4.69 Å². The number of hydrogen-bond donors (Lipinski definition) is 1. The molecule has 0 saturated carbocycles. The summed E-state index contributed by atoms with van der Waals surface area (Å²) in [6, 6.07) is 42.5. The van der Waals surface area contributed by atoms with E-state index in [1.807, 2.05) is 0 Å². The monoisotopic (exact) mass is 885 g/mol. The van der Waals surface area contributed by atoms with Gasteiger partial charge in [0.2, 0.25) is 0 Å². The van der Waals surface area contributed by atoms with Crippen LogP contribution in [0.2, 0.25) is 0 Å². The first kappa shape index (κ1) is 47.3. The molecule has 0 aliphatic carbocycles. The quantitative estimate of drug-likeness (QED) is 0.108. The molecule has 0 unspecified atom stereocenters. The molecule has 62 heavy (non-hydrogen) atoms. The summed E-state index contributed by atoms with van der Waals surface area (Å²) in [4.78, 5) is 0. The molecule has 0 amide bonds. The van der Waals surface area contributed by atoms with E-state index in [1.54, 1.807) is 0 Å². The Morgan fingerprint density at radius 1 is 0.258 bits per heavy atom. The molecule has 6 aromatic rings. The molecule has 0 saturated heterocycles. The molecule has 6 rings (SSSR count). The van der Waals surface area contributed by atoms with Crippen LogP contribution in [0.25, 0.3) is 44.5 Å². The fraction of sp³-hybridized carbons (Fsp3) is 0.400. The van der Waals surface area contributed by atoms with Gasteiger partial charge in [-0.3, -0.25) is 0 Å². The number of hydrogen-bond acceptors (Lipinski definition) is 1. The zero-order valence-corrected chi connectivity index (χ0v) is 43.2. The summed E-state index contributed by atoms with van der Waals surface area (Å²) >= 11 is -3.11. The second kappa shape index (κ2) is 19.7. The molecule has 1 radical (unpaired) electrons. The van der Waals surface area contributed by atoms with Gasteiger partial charge in [0, 0.05) is 0 Å². The molecule has 325 valence electrons. The molecule has 1 nitrogen and oxygen atoms in total. The molecule has 0 bridgehead atoms. The van der Waals surface area contributed by atoms with E-state index >= 15 is 0 Å². The van der Waals surface area contributed by atoms with Gasteiger partial charge in [-0.05, 0) is 0 Å². The van der Waals surface area contributed by atoms with Crippen LogP contribution in [-0.4, -0.2) is 14.6 Å². The van der Waals surface area contributed by atoms with E-state index in [2.05, 4.69) is 220 Å². The summed E-state index contributed by atoms with van der Waals surface area (Å²) in [5, 5.41) is 0. The van der Waals surface area contributed by atoms with Crippen LogP contribution in [0, 0.1) is 0 Å². The molecule has 0 heterocycles. The Balaban J connectivity index is 1.94. The third-order valence-corrected chi connectivity index (χ3v) is 17.8. The van der Waals surface area contributed by atoms with Crippen molar-refractivity contribution in [1.82, 2.24) is 0 Å². The summed E-state index contributed by atoms with van der Waals surface area (Å²) in [5.41, 5.74) is 22.0. The van der Waals surface area contributed by atoms with Crippen LogP contribution in [-0.2, 0) is 0 Å². The van der Waals surface area contributed by atoms with Gasteiger partial charge in [0.05, 0.1) is 0 Å². The molecule has 2 heteroatoms. The van der Waals surface area contributed by atoms with Crippen molar-refractivity contribution in [3.63, 3.8) is 0 Å². The Labute approximate surface area is 382 Å². The van der Waals surface area contributed by atoms with E-state index in [0.717, 1.165) is 0 Å². The molecule has 2 N–H and O–H groups in total. The van der Waals surface area contributed by atoms with Crippen LogP contribution in [0.3, 0.4) is 0 Å². The first-order chi connectivity index (χ1) is 29.4. The number of rotatable bonds is 14. The fourth-order valence-electron chi connectivity index (χ4n) is 10.1. The van der Waals surface area contributed by atoms with Gasteiger partial charge in [-0.25, -0.2) is 0 Å². The maximum atomic E-state index is 8.65. The molecule has 0 atom stereocenters. The third kappa shape index (κ3) is 9.09. The van der Waals surface area contributed by atoms with Crippen LogP contribution in [0.1, 0.15) is 203 Å². The van der Waals surface area contributed by atoms with Gasteiger partial charge in [-0.1, -0.05) is 0 Å². The van der Waals surface area contributed by atoms with E-state index in [-0.39, 0.29) is 0 Å². The predicted molar refractivity (Wildman–Crippen MR) is 277 cm³/mol. The summed E-state index contributed by atoms with van der Waals surface area (Å²) in [5.74, 6) is 2.75. The molecule has 0 fully saturated rings. The third-order valence-electron chi connectivity index (χ3n) is 13.2. The van der Waals surface area contributed by atoms with Gasteiger partial charge in [-0.15, -0.1) is 0 Å². The van der Waals surface area contributed by atoms with Crippen LogP contribution in [0.4, 0.5) is 0 Å². The van der Waals surface area contributed by atoms with Crippen molar-refractivity contribution >= 4 is 23.4 Å². The van der Waals surface area contributed by atoms with Gasteiger partial charge in [0.25, 0.3) is 0 Å². The fourth-order valence-corrected chi connectivity index (χ4v) is 14.8. The zero-order chi connectivity index (χ0) is 45.3. The number of nitrogens with two attached hydrogens (primary N) is 1. The van der Waals surface area contributed by atoms with Crippen molar-refractivity contribution in [3.8, 4) is 44.5 Å². The Bertz CT molecular complexity index is 2070. The minimum absolute atomic E-state index is 0.344. The Morgan fingerprint density at radius 2 is 0.403 bits per heavy atom. The van der Waals surface area contributed by atoms with Crippen molar-refractivity contribution in [2.24, 2.45) is 4.69 Å². The van der Waals surface area contributed by atoms with E-state index in [9.17, 15) is 0 Å². The van der Waals surface area contributed by atoms with Gasteiger partial charge < -0.3 is 0 Å². The van der Waals surface area contributed by atoms with Crippen LogP contribution in [0.15, 0.2) is 109 Å². The summed E-state index contributed by atoms with van der Waals surface area (Å²) < 4.78 is 11.4. The second-order valence-corrected chi connectivity index (χ2v) is 24.2. The average molecular weight is 884 g/mol. The van der Waals surface area contributed by atoms with Crippen molar-refractivity contribution in [2.75, 3.05) is 0 Å².